The summed E-state index contributed by atoms with van der Waals surface area (Å²) in [6.07, 6.45) is 1.73. The molecule has 3 aromatic carbocycles. The molecule has 0 fully saturated rings. The van der Waals surface area contributed by atoms with Crippen LogP contribution in [0, 0.1) is 0 Å². The van der Waals surface area contributed by atoms with Crippen molar-refractivity contribution in [3.8, 4) is 5.75 Å². The first-order chi connectivity index (χ1) is 11.3. The van der Waals surface area contributed by atoms with E-state index in [2.05, 4.69) is 42.5 Å². The number of ether oxygens (including phenoxy) is 1. The van der Waals surface area contributed by atoms with E-state index in [1.54, 1.807) is 12.1 Å². The summed E-state index contributed by atoms with van der Waals surface area (Å²) in [7, 11) is 0. The molecule has 114 valence electrons. The Hall–Kier alpha value is -2.87. The van der Waals surface area contributed by atoms with Crippen LogP contribution in [-0.2, 0) is 13.0 Å². The van der Waals surface area contributed by atoms with Crippen molar-refractivity contribution < 1.29 is 9.53 Å². The van der Waals surface area contributed by atoms with Crippen molar-refractivity contribution in [1.29, 1.82) is 0 Å². The summed E-state index contributed by atoms with van der Waals surface area (Å²) in [5.74, 6) is 0.769. The second-order valence-electron chi connectivity index (χ2n) is 5.41. The van der Waals surface area contributed by atoms with Crippen LogP contribution in [0.5, 0.6) is 5.75 Å². The standard InChI is InChI=1S/C21H18O2/c22-15-18-10-12-21(13-11-18)23-16-20-9-5-4-8-19(20)14-17-6-2-1-3-7-17/h1-13,15H,14,16H2. The Morgan fingerprint density at radius 1 is 0.739 bits per heavy atom. The van der Waals surface area contributed by atoms with E-state index in [-0.39, 0.29) is 0 Å². The number of hydrogen-bond acceptors (Lipinski definition) is 2. The molecule has 0 N–H and O–H groups in total. The zero-order valence-corrected chi connectivity index (χ0v) is 12.8. The van der Waals surface area contributed by atoms with Crippen LogP contribution < -0.4 is 4.74 Å². The van der Waals surface area contributed by atoms with Crippen molar-refractivity contribution in [2.24, 2.45) is 0 Å². The van der Waals surface area contributed by atoms with Crippen molar-refractivity contribution in [2.75, 3.05) is 0 Å². The summed E-state index contributed by atoms with van der Waals surface area (Å²) in [6, 6.07) is 25.9. The number of aldehydes is 1. The van der Waals surface area contributed by atoms with E-state index >= 15 is 0 Å². The average Bonchev–Trinajstić information content (AvgIpc) is 2.62. The summed E-state index contributed by atoms with van der Waals surface area (Å²) < 4.78 is 5.85. The normalized spacial score (nSPS) is 10.3. The Morgan fingerprint density at radius 3 is 2.09 bits per heavy atom. The maximum Gasteiger partial charge on any atom is 0.150 e. The van der Waals surface area contributed by atoms with Gasteiger partial charge >= 0.3 is 0 Å². The van der Waals surface area contributed by atoms with Gasteiger partial charge in [0.15, 0.2) is 0 Å². The maximum absolute atomic E-state index is 10.7. The maximum atomic E-state index is 10.7. The number of carbonyl (C=O) groups is 1. The lowest BCUT2D eigenvalue weighted by Crippen LogP contribution is -2.01. The Bertz CT molecular complexity index is 761. The van der Waals surface area contributed by atoms with Gasteiger partial charge < -0.3 is 4.74 Å². The van der Waals surface area contributed by atoms with Gasteiger partial charge in [-0.25, -0.2) is 0 Å². The summed E-state index contributed by atoms with van der Waals surface area (Å²) in [6.45, 7) is 0.517. The number of benzene rings is 3. The molecule has 3 aromatic rings. The van der Waals surface area contributed by atoms with Crippen LogP contribution in [0.25, 0.3) is 0 Å². The smallest absolute Gasteiger partial charge is 0.150 e. The van der Waals surface area contributed by atoms with E-state index in [1.807, 2.05) is 24.3 Å². The third kappa shape index (κ3) is 4.07. The number of carbonyl (C=O) groups excluding carboxylic acids is 1. The van der Waals surface area contributed by atoms with E-state index in [0.717, 1.165) is 18.5 Å². The minimum atomic E-state index is 0.517. The summed E-state index contributed by atoms with van der Waals surface area (Å²) >= 11 is 0. The van der Waals surface area contributed by atoms with Gasteiger partial charge in [-0.1, -0.05) is 54.6 Å². The fourth-order valence-corrected chi connectivity index (χ4v) is 2.49. The molecule has 0 aromatic heterocycles. The lowest BCUT2D eigenvalue weighted by atomic mass is 10.0. The molecule has 0 bridgehead atoms. The molecule has 0 unspecified atom stereocenters. The highest BCUT2D eigenvalue weighted by Gasteiger charge is 2.04. The van der Waals surface area contributed by atoms with E-state index < -0.39 is 0 Å². The average molecular weight is 302 g/mol. The molecule has 0 amide bonds. The van der Waals surface area contributed by atoms with Gasteiger partial charge in [-0.05, 0) is 47.4 Å². The topological polar surface area (TPSA) is 26.3 Å². The van der Waals surface area contributed by atoms with E-state index in [4.69, 9.17) is 4.74 Å². The lowest BCUT2D eigenvalue weighted by molar-refractivity contribution is 0.112. The lowest BCUT2D eigenvalue weighted by Gasteiger charge is -2.11. The molecule has 23 heavy (non-hydrogen) atoms. The molecular formula is C21H18O2. The van der Waals surface area contributed by atoms with E-state index in [1.165, 1.54) is 16.7 Å². The van der Waals surface area contributed by atoms with Crippen LogP contribution in [0.4, 0.5) is 0 Å². The minimum absolute atomic E-state index is 0.517. The Balaban J connectivity index is 1.71. The Kier molecular flexibility index (Phi) is 4.85. The van der Waals surface area contributed by atoms with Crippen LogP contribution in [-0.4, -0.2) is 6.29 Å². The molecule has 0 saturated heterocycles. The Labute approximate surface area is 136 Å². The molecule has 0 radical (unpaired) electrons. The molecule has 0 aliphatic carbocycles. The first-order valence-electron chi connectivity index (χ1n) is 7.64. The highest BCUT2D eigenvalue weighted by atomic mass is 16.5. The first-order valence-corrected chi connectivity index (χ1v) is 7.64. The fourth-order valence-electron chi connectivity index (χ4n) is 2.49. The molecule has 0 aliphatic heterocycles. The zero-order chi connectivity index (χ0) is 15.9. The molecule has 2 heteroatoms. The summed E-state index contributed by atoms with van der Waals surface area (Å²) in [4.78, 5) is 10.7. The molecule has 0 atom stereocenters. The van der Waals surface area contributed by atoms with Gasteiger partial charge in [0.25, 0.3) is 0 Å². The molecule has 3 rings (SSSR count). The summed E-state index contributed by atoms with van der Waals surface area (Å²) in [5.41, 5.74) is 4.39. The van der Waals surface area contributed by atoms with Gasteiger partial charge in [0.2, 0.25) is 0 Å². The minimum Gasteiger partial charge on any atom is -0.489 e. The van der Waals surface area contributed by atoms with Gasteiger partial charge in [0, 0.05) is 5.56 Å². The van der Waals surface area contributed by atoms with Crippen LogP contribution in [0.3, 0.4) is 0 Å². The van der Waals surface area contributed by atoms with Crippen molar-refractivity contribution in [3.63, 3.8) is 0 Å². The monoisotopic (exact) mass is 302 g/mol. The SMILES string of the molecule is O=Cc1ccc(OCc2ccccc2Cc2ccccc2)cc1. The predicted octanol–water partition coefficient (Wildman–Crippen LogP) is 4.67. The van der Waals surface area contributed by atoms with Crippen molar-refractivity contribution in [3.05, 3.63) is 101 Å². The number of hydrogen-bond donors (Lipinski definition) is 0. The Morgan fingerprint density at radius 2 is 1.39 bits per heavy atom. The van der Waals surface area contributed by atoms with Crippen LogP contribution in [0.2, 0.25) is 0 Å². The van der Waals surface area contributed by atoms with E-state index in [0.29, 0.717) is 12.2 Å². The van der Waals surface area contributed by atoms with Gasteiger partial charge in [-0.2, -0.15) is 0 Å². The van der Waals surface area contributed by atoms with Gasteiger partial charge in [0.1, 0.15) is 18.6 Å². The predicted molar refractivity (Wildman–Crippen MR) is 91.9 cm³/mol. The highest BCUT2D eigenvalue weighted by molar-refractivity contribution is 5.74. The zero-order valence-electron chi connectivity index (χ0n) is 12.8. The molecule has 0 saturated carbocycles. The van der Waals surface area contributed by atoms with Gasteiger partial charge in [-0.15, -0.1) is 0 Å². The van der Waals surface area contributed by atoms with Crippen molar-refractivity contribution >= 4 is 6.29 Å². The van der Waals surface area contributed by atoms with Crippen molar-refractivity contribution in [2.45, 2.75) is 13.0 Å². The molecule has 0 aliphatic rings. The van der Waals surface area contributed by atoms with Gasteiger partial charge in [0.05, 0.1) is 0 Å². The van der Waals surface area contributed by atoms with Crippen LogP contribution >= 0.6 is 0 Å². The fraction of sp³-hybridized carbons (Fsp3) is 0.0952. The first kappa shape index (κ1) is 15.0. The highest BCUT2D eigenvalue weighted by Crippen LogP contribution is 2.18. The quantitative estimate of drug-likeness (QED) is 0.619. The van der Waals surface area contributed by atoms with Crippen LogP contribution in [0.1, 0.15) is 27.0 Å². The van der Waals surface area contributed by atoms with Crippen LogP contribution in [0.15, 0.2) is 78.9 Å². The third-order valence-electron chi connectivity index (χ3n) is 3.77. The summed E-state index contributed by atoms with van der Waals surface area (Å²) in [5, 5.41) is 0. The molecule has 0 heterocycles. The van der Waals surface area contributed by atoms with Crippen molar-refractivity contribution in [1.82, 2.24) is 0 Å². The largest absolute Gasteiger partial charge is 0.489 e. The molecule has 2 nitrogen and oxygen atoms in total. The van der Waals surface area contributed by atoms with Gasteiger partial charge in [-0.3, -0.25) is 4.79 Å². The van der Waals surface area contributed by atoms with E-state index in [9.17, 15) is 4.79 Å². The third-order valence-corrected chi connectivity index (χ3v) is 3.77. The molecule has 0 spiro atoms. The number of rotatable bonds is 6. The molecular weight excluding hydrogens is 284 g/mol. The second-order valence-corrected chi connectivity index (χ2v) is 5.41. The second kappa shape index (κ2) is 7.41.